The van der Waals surface area contributed by atoms with E-state index in [1.165, 1.54) is 0 Å². The number of thiocarbonyl (C=S) groups is 1. The van der Waals surface area contributed by atoms with E-state index in [0.717, 1.165) is 26.8 Å². The fraction of sp³-hybridized carbons (Fsp3) is 0.111. The number of nitrogens with two attached hydrogens (primary N) is 1. The molecule has 0 aliphatic rings. The first-order valence-electron chi connectivity index (χ1n) is 6.99. The molecular weight excluding hydrogens is 340 g/mol. The van der Waals surface area contributed by atoms with Gasteiger partial charge < -0.3 is 15.2 Å². The van der Waals surface area contributed by atoms with Crippen molar-refractivity contribution in [1.82, 2.24) is 0 Å². The van der Waals surface area contributed by atoms with Crippen LogP contribution in [-0.4, -0.2) is 19.2 Å². The highest BCUT2D eigenvalue weighted by molar-refractivity contribution is 7.80. The highest BCUT2D eigenvalue weighted by Crippen LogP contribution is 2.37. The summed E-state index contributed by atoms with van der Waals surface area (Å²) in [6.07, 6.45) is 5.26. The summed E-state index contributed by atoms with van der Waals surface area (Å²) in [6, 6.07) is 11.7. The third-order valence-electron chi connectivity index (χ3n) is 3.21. The van der Waals surface area contributed by atoms with Gasteiger partial charge in [-0.15, -0.1) is 11.3 Å². The van der Waals surface area contributed by atoms with E-state index in [9.17, 15) is 0 Å². The van der Waals surface area contributed by atoms with Crippen molar-refractivity contribution in [1.29, 1.82) is 5.26 Å². The molecule has 0 fully saturated rings. The Balaban J connectivity index is 2.29. The Morgan fingerprint density at radius 3 is 2.67 bits per heavy atom. The van der Waals surface area contributed by atoms with Gasteiger partial charge in [-0.3, -0.25) is 0 Å². The van der Waals surface area contributed by atoms with Crippen LogP contribution in [0.5, 0.6) is 11.5 Å². The Bertz CT molecular complexity index is 845. The summed E-state index contributed by atoms with van der Waals surface area (Å²) >= 11 is 6.40. The van der Waals surface area contributed by atoms with Gasteiger partial charge in [-0.25, -0.2) is 0 Å². The first-order valence-corrected chi connectivity index (χ1v) is 8.22. The summed E-state index contributed by atoms with van der Waals surface area (Å²) < 4.78 is 10.7. The quantitative estimate of drug-likeness (QED) is 0.364. The molecule has 6 heteroatoms. The topological polar surface area (TPSA) is 68.3 Å². The number of rotatable bonds is 6. The Labute approximate surface area is 150 Å². The second-order valence-electron chi connectivity index (χ2n) is 4.68. The average Bonchev–Trinajstić information content (AvgIpc) is 3.06. The minimum atomic E-state index is 0.0927. The molecule has 0 spiro atoms. The van der Waals surface area contributed by atoms with Crippen molar-refractivity contribution < 1.29 is 9.47 Å². The van der Waals surface area contributed by atoms with Crippen LogP contribution in [0, 0.1) is 11.3 Å². The zero-order valence-electron chi connectivity index (χ0n) is 13.3. The van der Waals surface area contributed by atoms with Crippen molar-refractivity contribution in [3.05, 3.63) is 52.9 Å². The number of nitrogens with zero attached hydrogens (tertiary/aromatic N) is 1. The van der Waals surface area contributed by atoms with E-state index in [1.54, 1.807) is 37.7 Å². The molecule has 122 valence electrons. The van der Waals surface area contributed by atoms with E-state index in [2.05, 4.69) is 0 Å². The van der Waals surface area contributed by atoms with Crippen molar-refractivity contribution in [3.63, 3.8) is 0 Å². The number of hydrogen-bond acceptors (Lipinski definition) is 5. The number of benzene rings is 1. The van der Waals surface area contributed by atoms with Gasteiger partial charge in [0, 0.05) is 15.3 Å². The minimum absolute atomic E-state index is 0.0927. The third-order valence-corrected chi connectivity index (χ3v) is 4.51. The molecule has 0 aliphatic heterocycles. The largest absolute Gasteiger partial charge is 0.497 e. The third kappa shape index (κ3) is 4.22. The maximum atomic E-state index is 8.91. The SMILES string of the molecule is COc1ccc(OC)c(-c2ccc(/C=C/C=C(/C#N)C(N)=S)s2)c1. The summed E-state index contributed by atoms with van der Waals surface area (Å²) in [4.78, 5) is 2.19. The molecule has 1 aromatic carbocycles. The smallest absolute Gasteiger partial charge is 0.127 e. The molecule has 24 heavy (non-hydrogen) atoms. The lowest BCUT2D eigenvalue weighted by molar-refractivity contribution is 0.404. The van der Waals surface area contributed by atoms with Crippen LogP contribution in [0.3, 0.4) is 0 Å². The molecule has 0 aliphatic carbocycles. The lowest BCUT2D eigenvalue weighted by Crippen LogP contribution is -2.09. The summed E-state index contributed by atoms with van der Waals surface area (Å²) in [5, 5.41) is 8.91. The standard InChI is InChI=1S/C18H16N2O2S2/c1-21-13-6-8-16(22-2)15(10-13)17-9-7-14(24-17)5-3-4-12(11-19)18(20)23/h3-10H,1-2H3,(H2,20,23)/b5-3+,12-4-. The molecule has 1 aromatic heterocycles. The van der Waals surface area contributed by atoms with Crippen LogP contribution < -0.4 is 15.2 Å². The van der Waals surface area contributed by atoms with Gasteiger partial charge in [0.25, 0.3) is 0 Å². The summed E-state index contributed by atoms with van der Waals surface area (Å²) in [5.74, 6) is 1.56. The molecule has 2 rings (SSSR count). The first kappa shape index (κ1) is 17.7. The van der Waals surface area contributed by atoms with Gasteiger partial charge in [-0.1, -0.05) is 18.3 Å². The van der Waals surface area contributed by atoms with Gasteiger partial charge in [-0.2, -0.15) is 5.26 Å². The van der Waals surface area contributed by atoms with Gasteiger partial charge in [-0.05, 0) is 42.5 Å². The van der Waals surface area contributed by atoms with Gasteiger partial charge in [0.05, 0.1) is 19.8 Å². The van der Waals surface area contributed by atoms with Crippen LogP contribution in [0.25, 0.3) is 16.5 Å². The van der Waals surface area contributed by atoms with Crippen molar-refractivity contribution in [2.24, 2.45) is 5.73 Å². The molecular formula is C18H16N2O2S2. The summed E-state index contributed by atoms with van der Waals surface area (Å²) in [7, 11) is 3.28. The van der Waals surface area contributed by atoms with E-state index in [-0.39, 0.29) is 10.6 Å². The highest BCUT2D eigenvalue weighted by Gasteiger charge is 2.09. The Morgan fingerprint density at radius 2 is 2.04 bits per heavy atom. The van der Waals surface area contributed by atoms with Crippen LogP contribution in [-0.2, 0) is 0 Å². The lowest BCUT2D eigenvalue weighted by atomic mass is 10.1. The van der Waals surface area contributed by atoms with Gasteiger partial charge in [0.2, 0.25) is 0 Å². The zero-order valence-corrected chi connectivity index (χ0v) is 14.9. The fourth-order valence-electron chi connectivity index (χ4n) is 2.01. The van der Waals surface area contributed by atoms with Gasteiger partial charge in [0.1, 0.15) is 22.6 Å². The molecule has 2 aromatic rings. The number of ether oxygens (including phenoxy) is 2. The Morgan fingerprint density at radius 1 is 1.25 bits per heavy atom. The fourth-order valence-corrected chi connectivity index (χ4v) is 3.06. The maximum absolute atomic E-state index is 8.91. The highest BCUT2D eigenvalue weighted by atomic mass is 32.1. The molecule has 0 unspecified atom stereocenters. The predicted molar refractivity (Wildman–Crippen MR) is 102 cm³/mol. The first-order chi connectivity index (χ1) is 11.6. The zero-order chi connectivity index (χ0) is 17.5. The number of nitriles is 1. The summed E-state index contributed by atoms with van der Waals surface area (Å²) in [6.45, 7) is 0. The minimum Gasteiger partial charge on any atom is -0.497 e. The number of hydrogen-bond donors (Lipinski definition) is 1. The number of allylic oxidation sites excluding steroid dienone is 2. The van der Waals surface area contributed by atoms with Crippen LogP contribution in [0.1, 0.15) is 4.88 Å². The monoisotopic (exact) mass is 356 g/mol. The summed E-state index contributed by atoms with van der Waals surface area (Å²) in [5.41, 5.74) is 6.70. The van der Waals surface area contributed by atoms with Gasteiger partial charge >= 0.3 is 0 Å². The van der Waals surface area contributed by atoms with Crippen LogP contribution in [0.15, 0.2) is 48.1 Å². The van der Waals surface area contributed by atoms with E-state index in [1.807, 2.05) is 42.5 Å². The molecule has 1 heterocycles. The van der Waals surface area contributed by atoms with Crippen molar-refractivity contribution in [2.75, 3.05) is 14.2 Å². The van der Waals surface area contributed by atoms with Crippen LogP contribution in [0.2, 0.25) is 0 Å². The van der Waals surface area contributed by atoms with E-state index < -0.39 is 0 Å². The second kappa shape index (κ2) is 8.29. The van der Waals surface area contributed by atoms with Crippen LogP contribution in [0.4, 0.5) is 0 Å². The molecule has 0 bridgehead atoms. The number of thiophene rings is 1. The Hall–Kier alpha value is -2.62. The van der Waals surface area contributed by atoms with E-state index in [4.69, 9.17) is 32.7 Å². The average molecular weight is 356 g/mol. The molecule has 2 N–H and O–H groups in total. The van der Waals surface area contributed by atoms with Crippen molar-refractivity contribution >= 4 is 34.6 Å². The van der Waals surface area contributed by atoms with Gasteiger partial charge in [0.15, 0.2) is 0 Å². The van der Waals surface area contributed by atoms with E-state index >= 15 is 0 Å². The molecule has 0 amide bonds. The van der Waals surface area contributed by atoms with E-state index in [0.29, 0.717) is 0 Å². The predicted octanol–water partition coefficient (Wildman–Crippen LogP) is 4.18. The van der Waals surface area contributed by atoms with Crippen molar-refractivity contribution in [2.45, 2.75) is 0 Å². The molecule has 0 radical (unpaired) electrons. The normalized spacial score (nSPS) is 11.3. The second-order valence-corrected chi connectivity index (χ2v) is 6.24. The molecule has 4 nitrogen and oxygen atoms in total. The molecule has 0 atom stereocenters. The van der Waals surface area contributed by atoms with Crippen molar-refractivity contribution in [3.8, 4) is 28.0 Å². The maximum Gasteiger partial charge on any atom is 0.127 e. The molecule has 0 saturated carbocycles. The Kier molecular flexibility index (Phi) is 6.13. The lowest BCUT2D eigenvalue weighted by Gasteiger charge is -2.08. The molecule has 0 saturated heterocycles. The van der Waals surface area contributed by atoms with Crippen LogP contribution >= 0.6 is 23.6 Å². The number of methoxy groups -OCH3 is 2.